The minimum atomic E-state index is 0.121. The average Bonchev–Trinajstić information content (AvgIpc) is 2.85. The number of para-hydroxylation sites is 1. The van der Waals surface area contributed by atoms with Crippen molar-refractivity contribution in [3.8, 4) is 5.75 Å². The van der Waals surface area contributed by atoms with Crippen LogP contribution >= 0.6 is 0 Å². The molecule has 5 rings (SSSR count). The summed E-state index contributed by atoms with van der Waals surface area (Å²) in [5, 5.41) is 7.72. The number of ether oxygens (including phenoxy) is 1. The van der Waals surface area contributed by atoms with E-state index in [9.17, 15) is 0 Å². The van der Waals surface area contributed by atoms with Crippen LogP contribution in [0.4, 0.5) is 11.4 Å². The SMILES string of the molecule is COc1cccc(N[C@H]2c3ccccc3N[C@@H](Cc3ccccc3)[C@@H]2c2ccccc2)c1. The molecular formula is C29H28N2O. The highest BCUT2D eigenvalue weighted by Crippen LogP contribution is 2.45. The van der Waals surface area contributed by atoms with Gasteiger partial charge in [0.05, 0.1) is 13.2 Å². The molecule has 0 aromatic heterocycles. The van der Waals surface area contributed by atoms with Crippen molar-refractivity contribution in [3.63, 3.8) is 0 Å². The van der Waals surface area contributed by atoms with E-state index >= 15 is 0 Å². The number of hydrogen-bond acceptors (Lipinski definition) is 3. The molecule has 3 nitrogen and oxygen atoms in total. The summed E-state index contributed by atoms with van der Waals surface area (Å²) in [5.41, 5.74) is 6.21. The van der Waals surface area contributed by atoms with E-state index in [0.717, 1.165) is 17.9 Å². The maximum absolute atomic E-state index is 5.47. The predicted molar refractivity (Wildman–Crippen MR) is 133 cm³/mol. The van der Waals surface area contributed by atoms with E-state index in [4.69, 9.17) is 4.74 Å². The number of hydrogen-bond donors (Lipinski definition) is 2. The van der Waals surface area contributed by atoms with Crippen molar-refractivity contribution in [1.29, 1.82) is 0 Å². The lowest BCUT2D eigenvalue weighted by Gasteiger charge is -2.42. The van der Waals surface area contributed by atoms with Gasteiger partial charge in [-0.3, -0.25) is 0 Å². The van der Waals surface area contributed by atoms with Gasteiger partial charge in [-0.25, -0.2) is 0 Å². The molecule has 4 aromatic carbocycles. The first-order chi connectivity index (χ1) is 15.8. The van der Waals surface area contributed by atoms with E-state index in [2.05, 4.69) is 108 Å². The van der Waals surface area contributed by atoms with Crippen molar-refractivity contribution < 1.29 is 4.74 Å². The van der Waals surface area contributed by atoms with Crippen LogP contribution < -0.4 is 15.4 Å². The Bertz CT molecular complexity index is 1160. The van der Waals surface area contributed by atoms with Crippen molar-refractivity contribution in [2.45, 2.75) is 24.4 Å². The molecule has 2 N–H and O–H groups in total. The molecule has 0 saturated carbocycles. The van der Waals surface area contributed by atoms with Crippen LogP contribution in [-0.2, 0) is 6.42 Å². The summed E-state index contributed by atoms with van der Waals surface area (Å²) in [5.74, 6) is 1.10. The van der Waals surface area contributed by atoms with Crippen LogP contribution in [0.2, 0.25) is 0 Å². The van der Waals surface area contributed by atoms with Gasteiger partial charge in [0.1, 0.15) is 5.75 Å². The molecule has 0 amide bonds. The first-order valence-electron chi connectivity index (χ1n) is 11.2. The van der Waals surface area contributed by atoms with Crippen molar-refractivity contribution in [2.24, 2.45) is 0 Å². The third-order valence-corrected chi connectivity index (χ3v) is 6.30. The largest absolute Gasteiger partial charge is 0.497 e. The minimum Gasteiger partial charge on any atom is -0.497 e. The summed E-state index contributed by atoms with van der Waals surface area (Å²) in [7, 11) is 1.71. The maximum atomic E-state index is 5.47. The molecule has 160 valence electrons. The standard InChI is InChI=1S/C29H28N2O/c1-32-24-16-10-15-23(20-24)30-29-25-17-8-9-18-26(25)31-27(19-21-11-4-2-5-12-21)28(29)22-13-6-3-7-14-22/h2-18,20,27-31H,19H2,1H3/t27-,28-,29-/m0/s1. The Morgan fingerprint density at radius 1 is 0.781 bits per heavy atom. The molecule has 3 atom stereocenters. The molecule has 32 heavy (non-hydrogen) atoms. The van der Waals surface area contributed by atoms with Gasteiger partial charge in [0.15, 0.2) is 0 Å². The number of methoxy groups -OCH3 is 1. The molecule has 0 bridgehead atoms. The normalized spacial score (nSPS) is 19.5. The molecule has 0 spiro atoms. The Labute approximate surface area is 190 Å². The second-order valence-electron chi connectivity index (χ2n) is 8.32. The Morgan fingerprint density at radius 3 is 2.28 bits per heavy atom. The fourth-order valence-electron chi connectivity index (χ4n) is 4.82. The van der Waals surface area contributed by atoms with E-state index in [1.54, 1.807) is 7.11 Å². The fourth-order valence-corrected chi connectivity index (χ4v) is 4.82. The number of anilines is 2. The molecule has 1 aliphatic heterocycles. The Hall–Kier alpha value is -3.72. The first kappa shape index (κ1) is 20.2. The molecule has 3 heteroatoms. The molecule has 0 aliphatic carbocycles. The summed E-state index contributed by atoms with van der Waals surface area (Å²) in [6.07, 6.45) is 0.949. The van der Waals surface area contributed by atoms with Gasteiger partial charge in [0, 0.05) is 29.4 Å². The van der Waals surface area contributed by atoms with Crippen molar-refractivity contribution in [1.82, 2.24) is 0 Å². The molecule has 4 aromatic rings. The summed E-state index contributed by atoms with van der Waals surface area (Å²) in [6, 6.07) is 38.8. The van der Waals surface area contributed by atoms with Crippen LogP contribution in [0.15, 0.2) is 109 Å². The zero-order valence-electron chi connectivity index (χ0n) is 18.2. The third kappa shape index (κ3) is 4.19. The Kier molecular flexibility index (Phi) is 5.80. The molecule has 0 saturated heterocycles. The van der Waals surface area contributed by atoms with Gasteiger partial charge in [-0.2, -0.15) is 0 Å². The lowest BCUT2D eigenvalue weighted by molar-refractivity contribution is 0.414. The predicted octanol–water partition coefficient (Wildman–Crippen LogP) is 6.67. The molecule has 0 unspecified atom stereocenters. The summed E-state index contributed by atoms with van der Waals surface area (Å²) >= 11 is 0. The molecular weight excluding hydrogens is 392 g/mol. The van der Waals surface area contributed by atoms with Crippen LogP contribution in [0.3, 0.4) is 0 Å². The van der Waals surface area contributed by atoms with Crippen molar-refractivity contribution >= 4 is 11.4 Å². The van der Waals surface area contributed by atoms with E-state index in [-0.39, 0.29) is 18.0 Å². The van der Waals surface area contributed by atoms with Crippen LogP contribution in [0.5, 0.6) is 5.75 Å². The van der Waals surface area contributed by atoms with E-state index < -0.39 is 0 Å². The summed E-state index contributed by atoms with van der Waals surface area (Å²) in [6.45, 7) is 0. The number of benzene rings is 4. The molecule has 0 fully saturated rings. The first-order valence-corrected chi connectivity index (χ1v) is 11.2. The minimum absolute atomic E-state index is 0.121. The topological polar surface area (TPSA) is 33.3 Å². The zero-order valence-corrected chi connectivity index (χ0v) is 18.2. The van der Waals surface area contributed by atoms with Gasteiger partial charge in [0.2, 0.25) is 0 Å². The van der Waals surface area contributed by atoms with E-state index in [1.165, 1.54) is 22.4 Å². The van der Waals surface area contributed by atoms with Crippen LogP contribution in [0.1, 0.15) is 28.7 Å². The highest BCUT2D eigenvalue weighted by atomic mass is 16.5. The van der Waals surface area contributed by atoms with E-state index in [0.29, 0.717) is 0 Å². The highest BCUT2D eigenvalue weighted by molar-refractivity contribution is 5.62. The monoisotopic (exact) mass is 420 g/mol. The Balaban J connectivity index is 1.59. The quantitative estimate of drug-likeness (QED) is 0.365. The van der Waals surface area contributed by atoms with Crippen LogP contribution in [0.25, 0.3) is 0 Å². The smallest absolute Gasteiger partial charge is 0.120 e. The molecule has 0 radical (unpaired) electrons. The molecule has 1 heterocycles. The van der Waals surface area contributed by atoms with Gasteiger partial charge in [-0.15, -0.1) is 0 Å². The van der Waals surface area contributed by atoms with Crippen LogP contribution in [0, 0.1) is 0 Å². The zero-order chi connectivity index (χ0) is 21.8. The maximum Gasteiger partial charge on any atom is 0.120 e. The number of fused-ring (bicyclic) bond motifs is 1. The van der Waals surface area contributed by atoms with Gasteiger partial charge < -0.3 is 15.4 Å². The van der Waals surface area contributed by atoms with Gasteiger partial charge >= 0.3 is 0 Å². The number of nitrogens with one attached hydrogen (secondary N) is 2. The van der Waals surface area contributed by atoms with Gasteiger partial charge in [0.25, 0.3) is 0 Å². The van der Waals surface area contributed by atoms with E-state index in [1.807, 2.05) is 12.1 Å². The third-order valence-electron chi connectivity index (χ3n) is 6.30. The van der Waals surface area contributed by atoms with Crippen molar-refractivity contribution in [2.75, 3.05) is 17.7 Å². The fraction of sp³-hybridized carbons (Fsp3) is 0.172. The Morgan fingerprint density at radius 2 is 1.50 bits per heavy atom. The van der Waals surface area contributed by atoms with Crippen molar-refractivity contribution in [3.05, 3.63) is 126 Å². The van der Waals surface area contributed by atoms with Gasteiger partial charge in [-0.1, -0.05) is 84.9 Å². The summed E-state index contributed by atoms with van der Waals surface area (Å²) in [4.78, 5) is 0. The lowest BCUT2D eigenvalue weighted by Crippen LogP contribution is -2.40. The van der Waals surface area contributed by atoms with Gasteiger partial charge in [-0.05, 0) is 41.3 Å². The second-order valence-corrected chi connectivity index (χ2v) is 8.32. The highest BCUT2D eigenvalue weighted by Gasteiger charge is 2.37. The summed E-state index contributed by atoms with van der Waals surface area (Å²) < 4.78 is 5.47. The number of rotatable bonds is 6. The second kappa shape index (κ2) is 9.19. The molecule has 1 aliphatic rings. The van der Waals surface area contributed by atoms with Crippen LogP contribution in [-0.4, -0.2) is 13.2 Å². The lowest BCUT2D eigenvalue weighted by atomic mass is 9.76. The average molecular weight is 421 g/mol.